The van der Waals surface area contributed by atoms with Gasteiger partial charge in [0, 0.05) is 13.0 Å². The molecule has 84 valence electrons. The monoisotopic (exact) mass is 209 g/mol. The first-order valence-electron chi connectivity index (χ1n) is 5.84. The van der Waals surface area contributed by atoms with Gasteiger partial charge in [-0.25, -0.2) is 0 Å². The van der Waals surface area contributed by atoms with Crippen LogP contribution in [-0.2, 0) is 4.79 Å². The van der Waals surface area contributed by atoms with Gasteiger partial charge in [0.05, 0.1) is 5.60 Å². The summed E-state index contributed by atoms with van der Waals surface area (Å²) in [5, 5.41) is 12.6. The van der Waals surface area contributed by atoms with E-state index < -0.39 is 5.60 Å². The third-order valence-electron chi connectivity index (χ3n) is 3.46. The Hall–Kier alpha value is -0.830. The summed E-state index contributed by atoms with van der Waals surface area (Å²) in [6, 6.07) is 0. The van der Waals surface area contributed by atoms with Gasteiger partial charge in [0.25, 0.3) is 0 Å². The van der Waals surface area contributed by atoms with Crippen molar-refractivity contribution in [1.82, 2.24) is 5.32 Å². The number of carbonyl (C=O) groups excluding carboxylic acids is 1. The summed E-state index contributed by atoms with van der Waals surface area (Å²) in [4.78, 5) is 11.5. The van der Waals surface area contributed by atoms with Crippen LogP contribution in [0.5, 0.6) is 0 Å². The summed E-state index contributed by atoms with van der Waals surface area (Å²) < 4.78 is 0. The van der Waals surface area contributed by atoms with Crippen molar-refractivity contribution in [1.29, 1.82) is 0 Å². The first-order chi connectivity index (χ1) is 7.18. The van der Waals surface area contributed by atoms with Gasteiger partial charge >= 0.3 is 0 Å². The van der Waals surface area contributed by atoms with Crippen LogP contribution in [0.4, 0.5) is 0 Å². The van der Waals surface area contributed by atoms with Crippen LogP contribution >= 0.6 is 0 Å². The van der Waals surface area contributed by atoms with E-state index in [-0.39, 0.29) is 5.91 Å². The van der Waals surface area contributed by atoms with Crippen LogP contribution < -0.4 is 5.32 Å². The average Bonchev–Trinajstić information content (AvgIpc) is 2.64. The molecule has 0 spiro atoms. The summed E-state index contributed by atoms with van der Waals surface area (Å²) in [6.07, 6.45) is 9.77. The van der Waals surface area contributed by atoms with Gasteiger partial charge < -0.3 is 10.4 Å². The highest BCUT2D eigenvalue weighted by molar-refractivity contribution is 5.76. The van der Waals surface area contributed by atoms with E-state index >= 15 is 0 Å². The molecule has 2 aliphatic rings. The van der Waals surface area contributed by atoms with Crippen molar-refractivity contribution in [2.75, 3.05) is 6.54 Å². The number of carbonyl (C=O) groups is 1. The Balaban J connectivity index is 1.66. The molecule has 0 aliphatic heterocycles. The van der Waals surface area contributed by atoms with Crippen LogP contribution in [0.3, 0.4) is 0 Å². The molecule has 15 heavy (non-hydrogen) atoms. The Bertz CT molecular complexity index is 269. The van der Waals surface area contributed by atoms with E-state index in [4.69, 9.17) is 0 Å². The van der Waals surface area contributed by atoms with Crippen LogP contribution in [0.2, 0.25) is 0 Å². The second-order valence-corrected chi connectivity index (χ2v) is 4.82. The molecule has 0 bridgehead atoms. The predicted octanol–water partition coefficient (Wildman–Crippen LogP) is 1.37. The van der Waals surface area contributed by atoms with Crippen molar-refractivity contribution in [3.63, 3.8) is 0 Å². The number of aliphatic hydroxyl groups is 1. The van der Waals surface area contributed by atoms with E-state index in [1.807, 2.05) is 0 Å². The standard InChI is InChI=1S/C12H19NO2/c14-11(8-10-4-1-2-5-10)13-9-12(15)6-3-7-12/h1,4,10,15H,2-3,5-9H2,(H,13,14). The van der Waals surface area contributed by atoms with E-state index in [9.17, 15) is 9.90 Å². The molecule has 3 nitrogen and oxygen atoms in total. The van der Waals surface area contributed by atoms with E-state index in [2.05, 4.69) is 17.5 Å². The first kappa shape index (κ1) is 10.7. The van der Waals surface area contributed by atoms with Gasteiger partial charge in [0.15, 0.2) is 0 Å². The summed E-state index contributed by atoms with van der Waals surface area (Å²) in [5.74, 6) is 0.493. The lowest BCUT2D eigenvalue weighted by molar-refractivity contribution is -0.124. The fourth-order valence-electron chi connectivity index (χ4n) is 2.20. The van der Waals surface area contributed by atoms with Gasteiger partial charge in [-0.1, -0.05) is 12.2 Å². The molecule has 0 heterocycles. The molecule has 1 atom stereocenters. The molecule has 2 aliphatic carbocycles. The highest BCUT2D eigenvalue weighted by Crippen LogP contribution is 2.30. The topological polar surface area (TPSA) is 49.3 Å². The number of amides is 1. The normalized spacial score (nSPS) is 27.4. The minimum Gasteiger partial charge on any atom is -0.388 e. The number of hydrogen-bond acceptors (Lipinski definition) is 2. The molecule has 2 N–H and O–H groups in total. The molecule has 0 radical (unpaired) electrons. The van der Waals surface area contributed by atoms with Crippen LogP contribution in [0.1, 0.15) is 38.5 Å². The number of rotatable bonds is 4. The Morgan fingerprint density at radius 2 is 2.33 bits per heavy atom. The highest BCUT2D eigenvalue weighted by Gasteiger charge is 2.34. The second kappa shape index (κ2) is 4.35. The SMILES string of the molecule is O=C(CC1C=CCC1)NCC1(O)CCC1. The fraction of sp³-hybridized carbons (Fsp3) is 0.750. The van der Waals surface area contributed by atoms with Gasteiger partial charge in [-0.2, -0.15) is 0 Å². The molecule has 3 heteroatoms. The first-order valence-corrected chi connectivity index (χ1v) is 5.84. The molecule has 0 aromatic heterocycles. The van der Waals surface area contributed by atoms with Gasteiger partial charge in [-0.15, -0.1) is 0 Å². The molecule has 1 fully saturated rings. The summed E-state index contributed by atoms with van der Waals surface area (Å²) >= 11 is 0. The van der Waals surface area contributed by atoms with Crippen LogP contribution in [0, 0.1) is 5.92 Å². The van der Waals surface area contributed by atoms with Crippen LogP contribution in [0.25, 0.3) is 0 Å². The Morgan fingerprint density at radius 1 is 1.53 bits per heavy atom. The van der Waals surface area contributed by atoms with Crippen molar-refractivity contribution >= 4 is 5.91 Å². The van der Waals surface area contributed by atoms with Crippen molar-refractivity contribution in [2.45, 2.75) is 44.1 Å². The lowest BCUT2D eigenvalue weighted by Crippen LogP contribution is -2.47. The molecule has 0 saturated heterocycles. The van der Waals surface area contributed by atoms with Gasteiger partial charge in [-0.3, -0.25) is 4.79 Å². The zero-order chi connectivity index (χ0) is 10.7. The van der Waals surface area contributed by atoms with Crippen molar-refractivity contribution < 1.29 is 9.90 Å². The summed E-state index contributed by atoms with van der Waals surface area (Å²) in [6.45, 7) is 0.433. The highest BCUT2D eigenvalue weighted by atomic mass is 16.3. The van der Waals surface area contributed by atoms with Crippen molar-refractivity contribution in [3.8, 4) is 0 Å². The maximum Gasteiger partial charge on any atom is 0.220 e. The Labute approximate surface area is 90.6 Å². The third kappa shape index (κ3) is 2.81. The van der Waals surface area contributed by atoms with E-state index in [0.717, 1.165) is 32.1 Å². The number of hydrogen-bond donors (Lipinski definition) is 2. The second-order valence-electron chi connectivity index (χ2n) is 4.82. The molecular weight excluding hydrogens is 190 g/mol. The molecule has 1 saturated carbocycles. The molecular formula is C12H19NO2. The van der Waals surface area contributed by atoms with E-state index in [0.29, 0.717) is 18.9 Å². The Kier molecular flexibility index (Phi) is 3.10. The molecule has 0 aromatic rings. The van der Waals surface area contributed by atoms with Crippen molar-refractivity contribution in [2.24, 2.45) is 5.92 Å². The maximum atomic E-state index is 11.5. The lowest BCUT2D eigenvalue weighted by Gasteiger charge is -2.36. The van der Waals surface area contributed by atoms with Crippen LogP contribution in [0.15, 0.2) is 12.2 Å². The molecule has 1 unspecified atom stereocenters. The van der Waals surface area contributed by atoms with Gasteiger partial charge in [0.2, 0.25) is 5.91 Å². The smallest absolute Gasteiger partial charge is 0.220 e. The minimum absolute atomic E-state index is 0.0758. The zero-order valence-corrected chi connectivity index (χ0v) is 9.04. The largest absolute Gasteiger partial charge is 0.388 e. The van der Waals surface area contributed by atoms with Crippen LogP contribution in [-0.4, -0.2) is 23.2 Å². The van der Waals surface area contributed by atoms with E-state index in [1.165, 1.54) is 0 Å². The molecule has 1 amide bonds. The molecule has 2 rings (SSSR count). The van der Waals surface area contributed by atoms with Crippen molar-refractivity contribution in [3.05, 3.63) is 12.2 Å². The number of nitrogens with one attached hydrogen (secondary N) is 1. The van der Waals surface area contributed by atoms with Gasteiger partial charge in [0.1, 0.15) is 0 Å². The molecule has 0 aromatic carbocycles. The number of allylic oxidation sites excluding steroid dienone is 2. The predicted molar refractivity (Wildman–Crippen MR) is 58.3 cm³/mol. The average molecular weight is 209 g/mol. The minimum atomic E-state index is -0.596. The lowest BCUT2D eigenvalue weighted by atomic mass is 9.80. The van der Waals surface area contributed by atoms with Gasteiger partial charge in [-0.05, 0) is 38.0 Å². The Morgan fingerprint density at radius 3 is 2.87 bits per heavy atom. The van der Waals surface area contributed by atoms with E-state index in [1.54, 1.807) is 0 Å². The maximum absolute atomic E-state index is 11.5. The zero-order valence-electron chi connectivity index (χ0n) is 9.04. The third-order valence-corrected chi connectivity index (χ3v) is 3.46. The quantitative estimate of drug-likeness (QED) is 0.687. The fourth-order valence-corrected chi connectivity index (χ4v) is 2.20. The summed E-state index contributed by atoms with van der Waals surface area (Å²) in [7, 11) is 0. The summed E-state index contributed by atoms with van der Waals surface area (Å²) in [5.41, 5.74) is -0.596.